The minimum absolute atomic E-state index is 0.131. The Hall–Kier alpha value is -3.00. The van der Waals surface area contributed by atoms with Gasteiger partial charge in [-0.2, -0.15) is 0 Å². The fourth-order valence-corrected chi connectivity index (χ4v) is 7.06. The lowest BCUT2D eigenvalue weighted by Crippen LogP contribution is -2.64. The van der Waals surface area contributed by atoms with Gasteiger partial charge in [-0.1, -0.05) is 142 Å². The van der Waals surface area contributed by atoms with E-state index in [0.29, 0.717) is 19.4 Å². The fraction of sp³-hybridized carbons (Fsp3) is 0.612. The van der Waals surface area contributed by atoms with Gasteiger partial charge in [0.05, 0.1) is 13.2 Å². The molecule has 0 aromatic rings. The summed E-state index contributed by atoms with van der Waals surface area (Å²) in [6.07, 6.45) is 41.7. The molecule has 0 aliphatic heterocycles. The van der Waals surface area contributed by atoms with Crippen molar-refractivity contribution >= 4 is 13.8 Å². The first-order chi connectivity index (χ1) is 30.0. The number of carbonyl (C=O) groups excluding carboxylic acids is 1. The molecule has 0 heterocycles. The molecular formula is C49H79O12P. The second kappa shape index (κ2) is 38.5. The quantitative estimate of drug-likeness (QED) is 0.0151. The molecule has 1 rings (SSSR count). The van der Waals surface area contributed by atoms with E-state index < -0.39 is 63.1 Å². The van der Waals surface area contributed by atoms with Crippen molar-refractivity contribution in [2.24, 2.45) is 0 Å². The van der Waals surface area contributed by atoms with Crippen LogP contribution in [0.15, 0.2) is 109 Å². The van der Waals surface area contributed by atoms with Gasteiger partial charge in [-0.25, -0.2) is 4.57 Å². The maximum absolute atomic E-state index is 12.8. The zero-order chi connectivity index (χ0) is 45.5. The molecular weight excluding hydrogens is 812 g/mol. The third kappa shape index (κ3) is 30.1. The number of aliphatic hydroxyl groups is 5. The highest BCUT2D eigenvalue weighted by Gasteiger charge is 2.51. The molecule has 6 atom stereocenters. The minimum atomic E-state index is -5.05. The lowest BCUT2D eigenvalue weighted by atomic mass is 9.85. The van der Waals surface area contributed by atoms with Crippen LogP contribution in [-0.4, -0.2) is 98.9 Å². The summed E-state index contributed by atoms with van der Waals surface area (Å²) < 4.78 is 34.1. The Morgan fingerprint density at radius 3 is 1.37 bits per heavy atom. The molecule has 0 aromatic carbocycles. The van der Waals surface area contributed by atoms with Crippen LogP contribution in [0, 0.1) is 0 Å². The van der Waals surface area contributed by atoms with Gasteiger partial charge in [0.2, 0.25) is 0 Å². The van der Waals surface area contributed by atoms with E-state index in [1.807, 2.05) is 0 Å². The van der Waals surface area contributed by atoms with Crippen LogP contribution in [0.5, 0.6) is 0 Å². The van der Waals surface area contributed by atoms with Crippen molar-refractivity contribution in [1.29, 1.82) is 0 Å². The number of unbranched alkanes of at least 4 members (excludes halogenated alkanes) is 6. The minimum Gasteiger partial charge on any atom is -0.457 e. The molecule has 0 aromatic heterocycles. The maximum atomic E-state index is 12.8. The van der Waals surface area contributed by atoms with Crippen molar-refractivity contribution in [1.82, 2.24) is 0 Å². The monoisotopic (exact) mass is 891 g/mol. The highest BCUT2D eigenvalue weighted by Crippen LogP contribution is 2.47. The SMILES string of the molecule is CC/C=C\C/C=C\C/C=C\C/C=C\C/C=C\CCCCCCCC(=O)OC(COCCC/C=C\C/C=C\C/C=C\C/C=C\CC)COP(=O)(O)OC1C(O)C(O)C(O)C(O)C1O. The van der Waals surface area contributed by atoms with Gasteiger partial charge in [-0.3, -0.25) is 13.8 Å². The van der Waals surface area contributed by atoms with Gasteiger partial charge in [-0.15, -0.1) is 0 Å². The number of carbonyl (C=O) groups is 1. The van der Waals surface area contributed by atoms with Gasteiger partial charge in [0, 0.05) is 13.0 Å². The molecule has 6 unspecified atom stereocenters. The molecule has 1 saturated carbocycles. The van der Waals surface area contributed by atoms with Gasteiger partial charge in [-0.05, 0) is 89.9 Å². The summed E-state index contributed by atoms with van der Waals surface area (Å²) in [4.78, 5) is 23.1. The van der Waals surface area contributed by atoms with E-state index in [0.717, 1.165) is 96.3 Å². The number of phosphoric acid groups is 1. The Morgan fingerprint density at radius 1 is 0.516 bits per heavy atom. The van der Waals surface area contributed by atoms with Crippen LogP contribution in [0.1, 0.15) is 129 Å². The highest BCUT2D eigenvalue weighted by atomic mass is 31.2. The predicted octanol–water partition coefficient (Wildman–Crippen LogP) is 9.30. The van der Waals surface area contributed by atoms with E-state index in [2.05, 4.69) is 123 Å². The third-order valence-corrected chi connectivity index (χ3v) is 10.6. The number of phosphoric ester groups is 1. The smallest absolute Gasteiger partial charge is 0.457 e. The zero-order valence-corrected chi connectivity index (χ0v) is 38.3. The van der Waals surface area contributed by atoms with Crippen LogP contribution >= 0.6 is 7.82 Å². The summed E-state index contributed by atoms with van der Waals surface area (Å²) >= 11 is 0. The Labute approximate surface area is 372 Å². The van der Waals surface area contributed by atoms with Gasteiger partial charge < -0.3 is 39.9 Å². The van der Waals surface area contributed by atoms with Crippen LogP contribution in [0.3, 0.4) is 0 Å². The Balaban J connectivity index is 2.45. The van der Waals surface area contributed by atoms with E-state index >= 15 is 0 Å². The van der Waals surface area contributed by atoms with E-state index in [4.69, 9.17) is 18.5 Å². The number of rotatable bonds is 36. The molecule has 1 fully saturated rings. The van der Waals surface area contributed by atoms with E-state index in [-0.39, 0.29) is 13.0 Å². The lowest BCUT2D eigenvalue weighted by molar-refractivity contribution is -0.220. The van der Waals surface area contributed by atoms with E-state index in [1.54, 1.807) is 0 Å². The third-order valence-electron chi connectivity index (χ3n) is 9.64. The standard InChI is InChI=1S/C49H79O12P/c1-3-5-7-9-11-13-15-17-19-20-21-22-23-24-25-26-28-30-32-34-36-38-43(50)60-42(40-58-39-37-35-33-31-29-27-18-16-14-12-10-8-6-4-2)41-59-62(56,57)61-49-47(54)45(52)44(51)46(53)48(49)55/h5-8,11-14,17-19,21-22,24-25,27,31,33,42,44-49,51-55H,3-4,9-10,15-16,20,23,26,28-30,32,34-41H2,1-2H3,(H,56,57)/b7-5-,8-6-,13-11-,14-12-,19-17-,22-21-,25-24-,27-18-,33-31-. The van der Waals surface area contributed by atoms with Crippen LogP contribution in [-0.2, 0) is 27.9 Å². The topological polar surface area (TPSA) is 192 Å². The van der Waals surface area contributed by atoms with Crippen molar-refractivity contribution in [2.75, 3.05) is 19.8 Å². The average Bonchev–Trinajstić information content (AvgIpc) is 3.26. The van der Waals surface area contributed by atoms with Crippen LogP contribution in [0.25, 0.3) is 0 Å². The second-order valence-electron chi connectivity index (χ2n) is 15.1. The van der Waals surface area contributed by atoms with Crippen LogP contribution in [0.2, 0.25) is 0 Å². The van der Waals surface area contributed by atoms with Crippen molar-refractivity contribution in [2.45, 2.75) is 172 Å². The Kier molecular flexibility index (Phi) is 35.4. The molecule has 12 nitrogen and oxygen atoms in total. The first kappa shape index (κ1) is 57.0. The second-order valence-corrected chi connectivity index (χ2v) is 16.5. The molecule has 352 valence electrons. The maximum Gasteiger partial charge on any atom is 0.472 e. The van der Waals surface area contributed by atoms with Gasteiger partial charge in [0.25, 0.3) is 0 Å². The van der Waals surface area contributed by atoms with Gasteiger partial charge >= 0.3 is 13.8 Å². The molecule has 6 N–H and O–H groups in total. The molecule has 13 heteroatoms. The molecule has 0 amide bonds. The first-order valence-electron chi connectivity index (χ1n) is 22.7. The summed E-state index contributed by atoms with van der Waals surface area (Å²) in [6.45, 7) is 3.84. The number of allylic oxidation sites excluding steroid dienone is 18. The largest absolute Gasteiger partial charge is 0.472 e. The number of esters is 1. The molecule has 0 radical (unpaired) electrons. The Bertz CT molecular complexity index is 1430. The lowest BCUT2D eigenvalue weighted by Gasteiger charge is -2.41. The number of hydrogen-bond acceptors (Lipinski definition) is 11. The summed E-state index contributed by atoms with van der Waals surface area (Å²) in [5.41, 5.74) is 0. The number of hydrogen-bond donors (Lipinski definition) is 6. The molecule has 0 bridgehead atoms. The van der Waals surface area contributed by atoms with Gasteiger partial charge in [0.15, 0.2) is 0 Å². The highest BCUT2D eigenvalue weighted by molar-refractivity contribution is 7.47. The van der Waals surface area contributed by atoms with Crippen molar-refractivity contribution in [3.8, 4) is 0 Å². The molecule has 1 aliphatic carbocycles. The first-order valence-corrected chi connectivity index (χ1v) is 24.2. The Morgan fingerprint density at radius 2 is 0.903 bits per heavy atom. The average molecular weight is 891 g/mol. The molecule has 0 saturated heterocycles. The summed E-state index contributed by atoms with van der Waals surface area (Å²) in [6, 6.07) is 0. The van der Waals surface area contributed by atoms with Gasteiger partial charge in [0.1, 0.15) is 42.7 Å². The fourth-order valence-electron chi connectivity index (χ4n) is 6.09. The molecule has 1 aliphatic rings. The molecule has 0 spiro atoms. The van der Waals surface area contributed by atoms with Crippen molar-refractivity contribution in [3.05, 3.63) is 109 Å². The van der Waals surface area contributed by atoms with Crippen LogP contribution < -0.4 is 0 Å². The number of aliphatic hydroxyl groups excluding tert-OH is 5. The summed E-state index contributed by atoms with van der Waals surface area (Å²) in [7, 11) is -5.05. The zero-order valence-electron chi connectivity index (χ0n) is 37.4. The summed E-state index contributed by atoms with van der Waals surface area (Å²) in [5, 5.41) is 50.2. The van der Waals surface area contributed by atoms with Crippen molar-refractivity contribution < 1.29 is 58.3 Å². The normalized spacial score (nSPS) is 23.0. The van der Waals surface area contributed by atoms with E-state index in [9.17, 15) is 39.8 Å². The van der Waals surface area contributed by atoms with Crippen molar-refractivity contribution in [3.63, 3.8) is 0 Å². The number of ether oxygens (including phenoxy) is 2. The van der Waals surface area contributed by atoms with E-state index in [1.165, 1.54) is 0 Å². The van der Waals surface area contributed by atoms with Crippen LogP contribution in [0.4, 0.5) is 0 Å². The predicted molar refractivity (Wildman–Crippen MR) is 248 cm³/mol. The molecule has 62 heavy (non-hydrogen) atoms. The summed E-state index contributed by atoms with van der Waals surface area (Å²) in [5.74, 6) is -0.521.